The fourth-order valence-electron chi connectivity index (χ4n) is 6.89. The largest absolute Gasteiger partial charge is 0.462 e. The fourth-order valence-corrected chi connectivity index (χ4v) is 6.89. The van der Waals surface area contributed by atoms with Crippen molar-refractivity contribution in [3.63, 3.8) is 0 Å². The van der Waals surface area contributed by atoms with Gasteiger partial charge in [0.25, 0.3) is 0 Å². The lowest BCUT2D eigenvalue weighted by atomic mass is 10.1. The molecule has 0 aliphatic heterocycles. The summed E-state index contributed by atoms with van der Waals surface area (Å²) in [6.07, 6.45) is 68.4. The van der Waals surface area contributed by atoms with Crippen molar-refractivity contribution in [3.05, 3.63) is 97.2 Å². The summed E-state index contributed by atoms with van der Waals surface area (Å²) in [5, 5.41) is 0. The molecule has 0 aromatic carbocycles. The number of unbranched alkanes of at least 4 members (excludes halogenated alkanes) is 20. The molecule has 6 heteroatoms. The molecule has 0 N–H and O–H groups in total. The Balaban J connectivity index is 4.54. The van der Waals surface area contributed by atoms with Gasteiger partial charge < -0.3 is 14.2 Å². The summed E-state index contributed by atoms with van der Waals surface area (Å²) < 4.78 is 16.7. The first-order chi connectivity index (χ1) is 31.5. The highest BCUT2D eigenvalue weighted by Gasteiger charge is 2.19. The smallest absolute Gasteiger partial charge is 0.310 e. The van der Waals surface area contributed by atoms with Gasteiger partial charge in [-0.25, -0.2) is 0 Å². The van der Waals surface area contributed by atoms with Crippen LogP contribution in [0.25, 0.3) is 0 Å². The lowest BCUT2D eigenvalue weighted by Gasteiger charge is -2.18. The molecule has 64 heavy (non-hydrogen) atoms. The van der Waals surface area contributed by atoms with Gasteiger partial charge in [-0.2, -0.15) is 0 Å². The minimum absolute atomic E-state index is 0.0901. The zero-order chi connectivity index (χ0) is 46.5. The Hall–Kier alpha value is -3.67. The van der Waals surface area contributed by atoms with Gasteiger partial charge in [0.2, 0.25) is 0 Å². The van der Waals surface area contributed by atoms with E-state index in [0.29, 0.717) is 19.3 Å². The van der Waals surface area contributed by atoms with Crippen molar-refractivity contribution < 1.29 is 28.6 Å². The molecule has 6 nitrogen and oxygen atoms in total. The lowest BCUT2D eigenvalue weighted by molar-refractivity contribution is -0.166. The van der Waals surface area contributed by atoms with E-state index in [1.807, 2.05) is 6.08 Å². The Kier molecular flexibility index (Phi) is 49.0. The molecule has 0 fully saturated rings. The van der Waals surface area contributed by atoms with Crippen molar-refractivity contribution >= 4 is 17.9 Å². The average Bonchev–Trinajstić information content (AvgIpc) is 3.29. The predicted molar refractivity (Wildman–Crippen MR) is 274 cm³/mol. The van der Waals surface area contributed by atoms with Crippen LogP contribution in [0, 0.1) is 0 Å². The van der Waals surface area contributed by atoms with Crippen molar-refractivity contribution in [2.45, 2.75) is 239 Å². The van der Waals surface area contributed by atoms with Gasteiger partial charge in [0.1, 0.15) is 13.2 Å². The van der Waals surface area contributed by atoms with Crippen LogP contribution >= 0.6 is 0 Å². The van der Waals surface area contributed by atoms with Crippen LogP contribution in [0.15, 0.2) is 97.2 Å². The third-order valence-corrected chi connectivity index (χ3v) is 10.8. The van der Waals surface area contributed by atoms with Gasteiger partial charge >= 0.3 is 17.9 Å². The molecule has 0 amide bonds. The average molecular weight is 889 g/mol. The van der Waals surface area contributed by atoms with E-state index >= 15 is 0 Å². The van der Waals surface area contributed by atoms with E-state index in [-0.39, 0.29) is 31.6 Å². The topological polar surface area (TPSA) is 78.9 Å². The van der Waals surface area contributed by atoms with Crippen LogP contribution in [0.4, 0.5) is 0 Å². The van der Waals surface area contributed by atoms with E-state index in [2.05, 4.69) is 106 Å². The van der Waals surface area contributed by atoms with E-state index in [1.54, 1.807) is 6.08 Å². The third kappa shape index (κ3) is 49.3. The first-order valence-corrected chi connectivity index (χ1v) is 26.2. The second-order valence-corrected chi connectivity index (χ2v) is 17.1. The van der Waals surface area contributed by atoms with Crippen molar-refractivity contribution in [1.82, 2.24) is 0 Å². The summed E-state index contributed by atoms with van der Waals surface area (Å²) in [5.74, 6) is -1.08. The monoisotopic (exact) mass is 889 g/mol. The van der Waals surface area contributed by atoms with Crippen LogP contribution < -0.4 is 0 Å². The Morgan fingerprint density at radius 1 is 0.344 bits per heavy atom. The zero-order valence-corrected chi connectivity index (χ0v) is 41.5. The van der Waals surface area contributed by atoms with E-state index in [1.165, 1.54) is 83.5 Å². The predicted octanol–water partition coefficient (Wildman–Crippen LogP) is 17.4. The molecular formula is C58H96O6. The summed E-state index contributed by atoms with van der Waals surface area (Å²) in [6, 6.07) is 0. The fraction of sp³-hybridized carbons (Fsp3) is 0.672. The maximum Gasteiger partial charge on any atom is 0.310 e. The van der Waals surface area contributed by atoms with Gasteiger partial charge in [0.15, 0.2) is 6.10 Å². The van der Waals surface area contributed by atoms with Gasteiger partial charge in [0, 0.05) is 12.8 Å². The van der Waals surface area contributed by atoms with Crippen LogP contribution in [-0.4, -0.2) is 37.2 Å². The summed E-state index contributed by atoms with van der Waals surface area (Å²) in [6.45, 7) is 6.38. The van der Waals surface area contributed by atoms with Crippen molar-refractivity contribution in [2.24, 2.45) is 0 Å². The quantitative estimate of drug-likeness (QED) is 0.0262. The van der Waals surface area contributed by atoms with E-state index < -0.39 is 12.1 Å². The molecule has 0 aliphatic carbocycles. The molecule has 0 spiro atoms. The molecule has 0 aromatic rings. The van der Waals surface area contributed by atoms with Gasteiger partial charge in [-0.1, -0.05) is 208 Å². The van der Waals surface area contributed by atoms with Gasteiger partial charge in [-0.3, -0.25) is 14.4 Å². The first-order valence-electron chi connectivity index (χ1n) is 26.2. The number of ether oxygens (including phenoxy) is 3. The summed E-state index contributed by atoms with van der Waals surface area (Å²) in [7, 11) is 0. The third-order valence-electron chi connectivity index (χ3n) is 10.8. The second kappa shape index (κ2) is 52.0. The van der Waals surface area contributed by atoms with Crippen LogP contribution in [0.5, 0.6) is 0 Å². The molecule has 0 radical (unpaired) electrons. The first kappa shape index (κ1) is 60.3. The standard InChI is InChI=1S/C58H96O6/c1-4-7-10-13-16-19-22-25-28-31-33-36-39-42-45-48-51-57(60)63-54-55(64-58(61)52-49-46-43-40-37-34-30-27-24-21-18-15-12-9-6-3)53-62-56(59)50-47-44-41-38-35-32-29-26-23-20-17-14-11-8-5-2/h9,12,17-18,20-21,26-31,37,40,46,49,55H,4-8,10-11,13-16,19,22-25,32-36,38-39,41-45,47-48,50-54H2,1-3H3/b12-9-,20-17-,21-18-,29-26-,30-27-,31-28-,40-37-,49-46-. The lowest BCUT2D eigenvalue weighted by Crippen LogP contribution is -2.30. The molecular weight excluding hydrogens is 793 g/mol. The number of hydrogen-bond donors (Lipinski definition) is 0. The van der Waals surface area contributed by atoms with E-state index in [9.17, 15) is 14.4 Å². The molecule has 1 unspecified atom stereocenters. The molecule has 1 atom stereocenters. The van der Waals surface area contributed by atoms with Gasteiger partial charge in [-0.15, -0.1) is 0 Å². The Bertz CT molecular complexity index is 1300. The van der Waals surface area contributed by atoms with Crippen molar-refractivity contribution in [1.29, 1.82) is 0 Å². The SMILES string of the molecule is CC/C=C\C/C=C\C/C=C\C/C=C\C/C=C\CC(=O)OC(COC(=O)CCCCCCC/C=C\C/C=C\CCCCC)COC(=O)CCCCCCC/C=C\CCCCCCCCC. The molecule has 0 bridgehead atoms. The number of allylic oxidation sites excluding steroid dienone is 15. The molecule has 0 saturated carbocycles. The van der Waals surface area contributed by atoms with Gasteiger partial charge in [-0.05, 0) is 103 Å². The highest BCUT2D eigenvalue weighted by atomic mass is 16.6. The second-order valence-electron chi connectivity index (χ2n) is 17.1. The Morgan fingerprint density at radius 2 is 0.656 bits per heavy atom. The normalized spacial score (nSPS) is 12.9. The molecule has 364 valence electrons. The number of hydrogen-bond acceptors (Lipinski definition) is 6. The zero-order valence-electron chi connectivity index (χ0n) is 41.5. The summed E-state index contributed by atoms with van der Waals surface area (Å²) in [4.78, 5) is 37.9. The number of rotatable bonds is 46. The number of carbonyl (C=O) groups is 3. The van der Waals surface area contributed by atoms with Crippen LogP contribution in [-0.2, 0) is 28.6 Å². The number of esters is 3. The van der Waals surface area contributed by atoms with Crippen LogP contribution in [0.2, 0.25) is 0 Å². The number of carbonyl (C=O) groups excluding carboxylic acids is 3. The maximum absolute atomic E-state index is 12.7. The summed E-state index contributed by atoms with van der Waals surface area (Å²) in [5.41, 5.74) is 0. The molecule has 0 saturated heterocycles. The van der Waals surface area contributed by atoms with Crippen molar-refractivity contribution in [3.8, 4) is 0 Å². The minimum atomic E-state index is -0.841. The highest BCUT2D eigenvalue weighted by Crippen LogP contribution is 2.13. The minimum Gasteiger partial charge on any atom is -0.462 e. The summed E-state index contributed by atoms with van der Waals surface area (Å²) >= 11 is 0. The molecule has 0 heterocycles. The molecule has 0 aliphatic rings. The van der Waals surface area contributed by atoms with Crippen LogP contribution in [0.1, 0.15) is 233 Å². The molecule has 0 rings (SSSR count). The van der Waals surface area contributed by atoms with Crippen molar-refractivity contribution in [2.75, 3.05) is 13.2 Å². The van der Waals surface area contributed by atoms with Gasteiger partial charge in [0.05, 0.1) is 6.42 Å². The highest BCUT2D eigenvalue weighted by molar-refractivity contribution is 5.72. The van der Waals surface area contributed by atoms with E-state index in [4.69, 9.17) is 14.2 Å². The Labute approximate surface area is 394 Å². The Morgan fingerprint density at radius 3 is 1.08 bits per heavy atom. The molecule has 0 aromatic heterocycles. The van der Waals surface area contributed by atoms with Crippen LogP contribution in [0.3, 0.4) is 0 Å². The van der Waals surface area contributed by atoms with E-state index in [0.717, 1.165) is 103 Å². The maximum atomic E-state index is 12.7.